The lowest BCUT2D eigenvalue weighted by atomic mass is 10.1. The summed E-state index contributed by atoms with van der Waals surface area (Å²) in [4.78, 5) is 16.7. The fraction of sp³-hybridized carbons (Fsp3) is 0.400. The first-order valence-electron chi connectivity index (χ1n) is 4.67. The number of carbonyl (C=O) groups is 1. The second-order valence-electron chi connectivity index (χ2n) is 3.42. The second-order valence-corrected chi connectivity index (χ2v) is 3.42. The molecular weight excluding hydrogens is 180 g/mol. The lowest BCUT2D eigenvalue weighted by Gasteiger charge is -2.33. The Labute approximate surface area is 82.2 Å². The van der Waals surface area contributed by atoms with Crippen molar-refractivity contribution in [2.45, 2.75) is 12.8 Å². The van der Waals surface area contributed by atoms with Gasteiger partial charge in [0.2, 0.25) is 0 Å². The van der Waals surface area contributed by atoms with Crippen LogP contribution >= 0.6 is 0 Å². The van der Waals surface area contributed by atoms with Crippen molar-refractivity contribution in [2.24, 2.45) is 0 Å². The van der Waals surface area contributed by atoms with Gasteiger partial charge in [-0.2, -0.15) is 0 Å². The number of aromatic nitrogens is 1. The van der Waals surface area contributed by atoms with Gasteiger partial charge >= 0.3 is 5.97 Å². The van der Waals surface area contributed by atoms with Gasteiger partial charge in [-0.1, -0.05) is 0 Å². The van der Waals surface area contributed by atoms with Crippen molar-refractivity contribution in [1.29, 1.82) is 0 Å². The van der Waals surface area contributed by atoms with Crippen LogP contribution in [0.3, 0.4) is 0 Å². The Morgan fingerprint density at radius 2 is 2.36 bits per heavy atom. The number of carboxylic acid groups (broad SMARTS) is 1. The Hall–Kier alpha value is -1.58. The minimum Gasteiger partial charge on any atom is -0.481 e. The number of carboxylic acids is 1. The normalized spacial score (nSPS) is 15.0. The fourth-order valence-corrected chi connectivity index (χ4v) is 1.49. The van der Waals surface area contributed by atoms with E-state index in [4.69, 9.17) is 5.11 Å². The van der Waals surface area contributed by atoms with Crippen LogP contribution in [0.2, 0.25) is 0 Å². The second kappa shape index (κ2) is 3.65. The average molecular weight is 192 g/mol. The zero-order chi connectivity index (χ0) is 9.97. The van der Waals surface area contributed by atoms with E-state index in [0.29, 0.717) is 5.69 Å². The summed E-state index contributed by atoms with van der Waals surface area (Å²) in [6, 6.07) is 3.78. The number of hydrogen-bond acceptors (Lipinski definition) is 3. The predicted octanol–water partition coefficient (Wildman–Crippen LogP) is 0.919. The maximum atomic E-state index is 10.5. The number of rotatable bonds is 3. The Morgan fingerprint density at radius 3 is 2.93 bits per heavy atom. The molecule has 1 aliphatic heterocycles. The molecule has 0 saturated carbocycles. The van der Waals surface area contributed by atoms with Crippen molar-refractivity contribution < 1.29 is 9.90 Å². The maximum Gasteiger partial charge on any atom is 0.309 e. The number of hydrogen-bond donors (Lipinski definition) is 1. The van der Waals surface area contributed by atoms with Gasteiger partial charge in [0, 0.05) is 25.0 Å². The number of aliphatic carboxylic acids is 1. The van der Waals surface area contributed by atoms with Crippen LogP contribution in [-0.4, -0.2) is 29.1 Å². The summed E-state index contributed by atoms with van der Waals surface area (Å²) in [6.07, 6.45) is 2.89. The molecule has 0 radical (unpaired) electrons. The lowest BCUT2D eigenvalue weighted by Crippen LogP contribution is -2.37. The largest absolute Gasteiger partial charge is 0.481 e. The van der Waals surface area contributed by atoms with E-state index >= 15 is 0 Å². The molecule has 1 aromatic heterocycles. The highest BCUT2D eigenvalue weighted by atomic mass is 16.4. The van der Waals surface area contributed by atoms with Crippen molar-refractivity contribution >= 4 is 11.7 Å². The van der Waals surface area contributed by atoms with Crippen molar-refractivity contribution in [2.75, 3.05) is 18.0 Å². The van der Waals surface area contributed by atoms with E-state index in [9.17, 15) is 4.79 Å². The molecule has 0 amide bonds. The summed E-state index contributed by atoms with van der Waals surface area (Å²) in [5.41, 5.74) is 1.71. The Morgan fingerprint density at radius 1 is 1.57 bits per heavy atom. The van der Waals surface area contributed by atoms with Gasteiger partial charge in [-0.25, -0.2) is 0 Å². The number of nitrogens with zero attached hydrogens (tertiary/aromatic N) is 2. The minimum absolute atomic E-state index is 0.00167. The SMILES string of the molecule is O=C(O)Cc1cc(N2CCC2)ccn1. The molecule has 1 aromatic rings. The van der Waals surface area contributed by atoms with Gasteiger partial charge in [-0.3, -0.25) is 9.78 Å². The molecule has 0 unspecified atom stereocenters. The molecule has 1 N–H and O–H groups in total. The van der Waals surface area contributed by atoms with E-state index in [-0.39, 0.29) is 6.42 Å². The zero-order valence-corrected chi connectivity index (χ0v) is 7.81. The van der Waals surface area contributed by atoms with Crippen LogP contribution in [0.25, 0.3) is 0 Å². The van der Waals surface area contributed by atoms with Crippen LogP contribution < -0.4 is 4.90 Å². The van der Waals surface area contributed by atoms with E-state index in [1.807, 2.05) is 12.1 Å². The molecule has 4 heteroatoms. The summed E-state index contributed by atoms with van der Waals surface area (Å²) < 4.78 is 0. The van der Waals surface area contributed by atoms with E-state index in [1.54, 1.807) is 6.20 Å². The molecular formula is C10H12N2O2. The first kappa shape index (κ1) is 8.99. The van der Waals surface area contributed by atoms with Crippen molar-refractivity contribution in [3.8, 4) is 0 Å². The molecule has 74 valence electrons. The smallest absolute Gasteiger partial charge is 0.309 e. The quantitative estimate of drug-likeness (QED) is 0.773. The maximum absolute atomic E-state index is 10.5. The Bertz CT molecular complexity index is 348. The van der Waals surface area contributed by atoms with Gasteiger partial charge in [-0.15, -0.1) is 0 Å². The van der Waals surface area contributed by atoms with E-state index < -0.39 is 5.97 Å². The highest BCUT2D eigenvalue weighted by Gasteiger charge is 2.14. The Balaban J connectivity index is 2.13. The highest BCUT2D eigenvalue weighted by molar-refractivity contribution is 5.70. The molecule has 0 bridgehead atoms. The van der Waals surface area contributed by atoms with Gasteiger partial charge in [-0.05, 0) is 18.6 Å². The monoisotopic (exact) mass is 192 g/mol. The number of anilines is 1. The lowest BCUT2D eigenvalue weighted by molar-refractivity contribution is -0.136. The third kappa shape index (κ3) is 1.84. The van der Waals surface area contributed by atoms with Gasteiger partial charge in [0.1, 0.15) is 0 Å². The first-order chi connectivity index (χ1) is 6.75. The van der Waals surface area contributed by atoms with Gasteiger partial charge in [0.25, 0.3) is 0 Å². The fourth-order valence-electron chi connectivity index (χ4n) is 1.49. The molecule has 0 aromatic carbocycles. The molecule has 1 fully saturated rings. The topological polar surface area (TPSA) is 53.4 Å². The third-order valence-electron chi connectivity index (χ3n) is 2.35. The third-order valence-corrected chi connectivity index (χ3v) is 2.35. The molecule has 14 heavy (non-hydrogen) atoms. The van der Waals surface area contributed by atoms with Crippen LogP contribution in [-0.2, 0) is 11.2 Å². The van der Waals surface area contributed by atoms with Crippen LogP contribution in [0.15, 0.2) is 18.3 Å². The average Bonchev–Trinajstić information content (AvgIpc) is 1.99. The predicted molar refractivity (Wildman–Crippen MR) is 52.4 cm³/mol. The summed E-state index contributed by atoms with van der Waals surface area (Å²) in [5, 5.41) is 8.61. The summed E-state index contributed by atoms with van der Waals surface area (Å²) in [5.74, 6) is -0.835. The molecule has 4 nitrogen and oxygen atoms in total. The summed E-state index contributed by atoms with van der Waals surface area (Å²) in [6.45, 7) is 2.13. The van der Waals surface area contributed by atoms with Crippen LogP contribution in [0.4, 0.5) is 5.69 Å². The van der Waals surface area contributed by atoms with Crippen LogP contribution in [0.5, 0.6) is 0 Å². The molecule has 0 aliphatic carbocycles. The summed E-state index contributed by atoms with van der Waals surface area (Å²) in [7, 11) is 0. The Kier molecular flexibility index (Phi) is 2.35. The standard InChI is InChI=1S/C10H12N2O2/c13-10(14)7-8-6-9(2-3-11-8)12-4-1-5-12/h2-3,6H,1,4-5,7H2,(H,13,14). The van der Waals surface area contributed by atoms with E-state index in [0.717, 1.165) is 18.8 Å². The minimum atomic E-state index is -0.835. The molecule has 1 saturated heterocycles. The van der Waals surface area contributed by atoms with Crippen molar-refractivity contribution in [1.82, 2.24) is 4.98 Å². The van der Waals surface area contributed by atoms with E-state index in [2.05, 4.69) is 9.88 Å². The number of pyridine rings is 1. The van der Waals surface area contributed by atoms with Crippen molar-refractivity contribution in [3.63, 3.8) is 0 Å². The van der Waals surface area contributed by atoms with E-state index in [1.165, 1.54) is 6.42 Å². The molecule has 2 rings (SSSR count). The van der Waals surface area contributed by atoms with Gasteiger partial charge in [0.05, 0.1) is 12.1 Å². The summed E-state index contributed by atoms with van der Waals surface area (Å²) >= 11 is 0. The van der Waals surface area contributed by atoms with Crippen molar-refractivity contribution in [3.05, 3.63) is 24.0 Å². The molecule has 0 spiro atoms. The molecule has 1 aliphatic rings. The van der Waals surface area contributed by atoms with Crippen LogP contribution in [0, 0.1) is 0 Å². The zero-order valence-electron chi connectivity index (χ0n) is 7.81. The molecule has 2 heterocycles. The first-order valence-corrected chi connectivity index (χ1v) is 4.67. The van der Waals surface area contributed by atoms with Gasteiger partial charge < -0.3 is 10.0 Å². The van der Waals surface area contributed by atoms with Gasteiger partial charge in [0.15, 0.2) is 0 Å². The highest BCUT2D eigenvalue weighted by Crippen LogP contribution is 2.20. The molecule has 0 atom stereocenters. The van der Waals surface area contributed by atoms with Crippen LogP contribution in [0.1, 0.15) is 12.1 Å².